The molecule has 0 aliphatic carbocycles. The third-order valence-corrected chi connectivity index (χ3v) is 12.3. The van der Waals surface area contributed by atoms with Crippen LogP contribution in [0, 0.1) is 0 Å². The molecule has 62 heavy (non-hydrogen) atoms. The first kappa shape index (κ1) is 71.2. The van der Waals surface area contributed by atoms with Gasteiger partial charge in [0.1, 0.15) is 0 Å². The Morgan fingerprint density at radius 3 is 0.758 bits per heavy atom. The Kier molecular flexibility index (Phi) is 63.8. The maximum absolute atomic E-state index is 11.2. The molecule has 0 heterocycles. The minimum absolute atomic E-state index is 0. The average Bonchev–Trinajstić information content (AvgIpc) is 3.18. The number of rotatable bonds is 42. The van der Waals surface area contributed by atoms with Gasteiger partial charge in [-0.3, -0.25) is 14.4 Å². The van der Waals surface area contributed by atoms with E-state index in [0.29, 0.717) is 19.3 Å². The summed E-state index contributed by atoms with van der Waals surface area (Å²) in [5.74, 6) is -3.44. The van der Waals surface area contributed by atoms with Crippen molar-refractivity contribution in [2.75, 3.05) is 24.7 Å². The number of hydrogen-bond acceptors (Lipinski definition) is 11. The maximum atomic E-state index is 11.2. The molecule has 0 aromatic carbocycles. The van der Waals surface area contributed by atoms with Crippen LogP contribution in [0.1, 0.15) is 252 Å². The Labute approximate surface area is 425 Å². The van der Waals surface area contributed by atoms with Crippen LogP contribution in [0.4, 0.5) is 0 Å². The Bertz CT molecular complexity index is 1100. The van der Waals surface area contributed by atoms with Crippen LogP contribution in [0.2, 0.25) is 0 Å². The van der Waals surface area contributed by atoms with E-state index >= 15 is 0 Å². The second-order valence-electron chi connectivity index (χ2n) is 16.1. The van der Waals surface area contributed by atoms with Crippen LogP contribution in [0.25, 0.3) is 0 Å². The fraction of sp³-hybridized carbons (Fsp3) is 0.935. The molecular formula is C46H90Na2O12S2. The van der Waals surface area contributed by atoms with Crippen molar-refractivity contribution < 1.29 is 114 Å². The van der Waals surface area contributed by atoms with Gasteiger partial charge in [-0.05, 0) is 19.3 Å². The van der Waals surface area contributed by atoms with Crippen molar-refractivity contribution in [1.29, 1.82) is 0 Å². The summed E-state index contributed by atoms with van der Waals surface area (Å²) in [5.41, 5.74) is 0. The zero-order valence-corrected chi connectivity index (χ0v) is 46.2. The maximum Gasteiger partial charge on any atom is 1.00 e. The Hall–Kier alpha value is 0.230. The van der Waals surface area contributed by atoms with Crippen molar-refractivity contribution >= 4 is 38.1 Å². The SMILES string of the molecule is CCCCCCCCCCCC(=O)OS(=O)(=O)CC[O-].CCCCCCCCCCCC(=O)OS(=O)(=O)CC[O-].CCCCCCCCCCCCCCCCCC(=O)O.[Na+].[Na+]. The van der Waals surface area contributed by atoms with E-state index < -0.39 is 62.9 Å². The minimum Gasteiger partial charge on any atom is -0.854 e. The molecule has 0 radical (unpaired) electrons. The van der Waals surface area contributed by atoms with Gasteiger partial charge in [0.15, 0.2) is 0 Å². The number of unbranched alkanes of at least 4 members (excludes halogenated alkanes) is 30. The van der Waals surface area contributed by atoms with Crippen LogP contribution in [0.15, 0.2) is 0 Å². The van der Waals surface area contributed by atoms with Gasteiger partial charge in [0.05, 0.1) is 11.5 Å². The number of hydrogen-bond donors (Lipinski definition) is 1. The van der Waals surface area contributed by atoms with E-state index in [4.69, 9.17) is 5.11 Å². The summed E-state index contributed by atoms with van der Waals surface area (Å²) in [6.07, 6.45) is 40.6. The van der Waals surface area contributed by atoms with Crippen molar-refractivity contribution in [3.63, 3.8) is 0 Å². The summed E-state index contributed by atoms with van der Waals surface area (Å²) in [6, 6.07) is 0. The first-order valence-electron chi connectivity index (χ1n) is 24.1. The Morgan fingerprint density at radius 1 is 0.371 bits per heavy atom. The van der Waals surface area contributed by atoms with Gasteiger partial charge in [0.2, 0.25) is 0 Å². The van der Waals surface area contributed by atoms with Gasteiger partial charge in [0.25, 0.3) is 0 Å². The first-order chi connectivity index (χ1) is 28.8. The summed E-state index contributed by atoms with van der Waals surface area (Å²) in [7, 11) is -7.91. The van der Waals surface area contributed by atoms with Crippen LogP contribution in [-0.4, -0.2) is 64.6 Å². The minimum atomic E-state index is -3.95. The molecule has 0 saturated carbocycles. The summed E-state index contributed by atoms with van der Waals surface area (Å²) >= 11 is 0. The Morgan fingerprint density at radius 2 is 0.565 bits per heavy atom. The fourth-order valence-electron chi connectivity index (χ4n) is 6.46. The van der Waals surface area contributed by atoms with Crippen molar-refractivity contribution in [2.45, 2.75) is 252 Å². The van der Waals surface area contributed by atoms with E-state index in [0.717, 1.165) is 51.4 Å². The van der Waals surface area contributed by atoms with Crippen molar-refractivity contribution in [2.24, 2.45) is 0 Å². The Balaban J connectivity index is -0.000000258. The quantitative estimate of drug-likeness (QED) is 0.0506. The predicted octanol–water partition coefficient (Wildman–Crippen LogP) is 4.62. The van der Waals surface area contributed by atoms with Crippen LogP contribution in [0.3, 0.4) is 0 Å². The molecule has 0 spiro atoms. The summed E-state index contributed by atoms with van der Waals surface area (Å²) in [4.78, 5) is 32.8. The molecule has 12 nitrogen and oxygen atoms in total. The monoisotopic (exact) mass is 945 g/mol. The van der Waals surface area contributed by atoms with Gasteiger partial charge in [0, 0.05) is 19.3 Å². The molecule has 0 rings (SSSR count). The molecule has 16 heteroatoms. The van der Waals surface area contributed by atoms with Crippen LogP contribution in [-0.2, 0) is 43.0 Å². The van der Waals surface area contributed by atoms with Gasteiger partial charge in [-0.2, -0.15) is 16.8 Å². The van der Waals surface area contributed by atoms with Crippen LogP contribution in [0.5, 0.6) is 0 Å². The number of carboxylic acid groups (broad SMARTS) is 1. The average molecular weight is 945 g/mol. The fourth-order valence-corrected chi connectivity index (χ4v) is 7.77. The van der Waals surface area contributed by atoms with E-state index in [1.165, 1.54) is 148 Å². The van der Waals surface area contributed by atoms with E-state index in [9.17, 15) is 41.4 Å². The third kappa shape index (κ3) is 64.5. The molecule has 0 fully saturated rings. The number of carbonyl (C=O) groups excluding carboxylic acids is 2. The van der Waals surface area contributed by atoms with Gasteiger partial charge in [-0.15, -0.1) is 13.2 Å². The van der Waals surface area contributed by atoms with Gasteiger partial charge < -0.3 is 23.7 Å². The molecule has 1 N–H and O–H groups in total. The molecule has 0 aliphatic rings. The third-order valence-electron chi connectivity index (χ3n) is 10.1. The molecule has 0 atom stereocenters. The topological polar surface area (TPSA) is 204 Å². The molecule has 360 valence electrons. The summed E-state index contributed by atoms with van der Waals surface area (Å²) in [5, 5.41) is 28.9. The van der Waals surface area contributed by atoms with Crippen molar-refractivity contribution in [3.05, 3.63) is 0 Å². The normalized spacial score (nSPS) is 10.9. The molecule has 0 saturated heterocycles. The number of carbonyl (C=O) groups is 3. The van der Waals surface area contributed by atoms with E-state index in [1.807, 2.05) is 0 Å². The second-order valence-corrected chi connectivity index (χ2v) is 19.5. The zero-order chi connectivity index (χ0) is 45.4. The molecule has 0 unspecified atom stereocenters. The van der Waals surface area contributed by atoms with Crippen LogP contribution < -0.4 is 69.3 Å². The smallest absolute Gasteiger partial charge is 0.854 e. The number of carboxylic acids is 1. The molecule has 0 amide bonds. The predicted molar refractivity (Wildman–Crippen MR) is 240 cm³/mol. The number of aliphatic carboxylic acids is 1. The summed E-state index contributed by atoms with van der Waals surface area (Å²) < 4.78 is 52.8. The van der Waals surface area contributed by atoms with E-state index in [1.54, 1.807) is 0 Å². The zero-order valence-electron chi connectivity index (χ0n) is 40.5. The van der Waals surface area contributed by atoms with E-state index in [-0.39, 0.29) is 72.0 Å². The standard InChI is InChI=1S/C18H36O2.2C14H27O5S.2Na/c1-2-3-4-5-6-7-8-9-10-11-12-13-14-15-16-17-18(19)20;2*1-2-3-4-5-6-7-8-9-10-11-14(16)19-20(17,18)13-12-15;;/h2-17H2,1H3,(H,19,20);2*2-13H2,1H3;;/q;2*-1;2*+1. The molecule has 0 bridgehead atoms. The first-order valence-corrected chi connectivity index (χ1v) is 27.2. The molecule has 0 aromatic heterocycles. The van der Waals surface area contributed by atoms with E-state index in [2.05, 4.69) is 29.1 Å². The second kappa shape index (κ2) is 55.6. The van der Waals surface area contributed by atoms with Crippen LogP contribution >= 0.6 is 0 Å². The van der Waals surface area contributed by atoms with Gasteiger partial charge in [-0.1, -0.05) is 213 Å². The largest absolute Gasteiger partial charge is 1.00 e. The van der Waals surface area contributed by atoms with Gasteiger partial charge >= 0.3 is 97.3 Å². The van der Waals surface area contributed by atoms with Gasteiger partial charge in [-0.25, -0.2) is 0 Å². The molecular weight excluding hydrogens is 855 g/mol. The molecule has 0 aromatic rings. The molecule has 0 aliphatic heterocycles. The van der Waals surface area contributed by atoms with Crippen molar-refractivity contribution in [3.8, 4) is 0 Å². The summed E-state index contributed by atoms with van der Waals surface area (Å²) in [6.45, 7) is 5.08. The van der Waals surface area contributed by atoms with Crippen molar-refractivity contribution in [1.82, 2.24) is 0 Å².